The highest BCUT2D eigenvalue weighted by molar-refractivity contribution is 5.84. The third kappa shape index (κ3) is 7.77. The molecule has 0 bridgehead atoms. The Hall–Kier alpha value is -1.06. The number of unbranched alkanes of at least 4 members (excludes halogenated alkanes) is 1. The van der Waals surface area contributed by atoms with Crippen molar-refractivity contribution in [1.29, 1.82) is 0 Å². The van der Waals surface area contributed by atoms with Gasteiger partial charge in [-0.25, -0.2) is 4.79 Å². The monoisotopic (exact) mass is 243 g/mol. The second kappa shape index (κ2) is 9.02. The van der Waals surface area contributed by atoms with Gasteiger partial charge >= 0.3 is 5.97 Å². The van der Waals surface area contributed by atoms with E-state index in [0.29, 0.717) is 25.4 Å². The number of ether oxygens (including phenoxy) is 1. The van der Waals surface area contributed by atoms with Gasteiger partial charge < -0.3 is 10.1 Å². The van der Waals surface area contributed by atoms with Crippen molar-refractivity contribution in [2.24, 2.45) is 5.92 Å². The molecule has 0 aromatic heterocycles. The maximum atomic E-state index is 11.7. The van der Waals surface area contributed by atoms with Crippen molar-refractivity contribution in [3.05, 3.63) is 0 Å². The summed E-state index contributed by atoms with van der Waals surface area (Å²) in [5, 5.41) is 2.75. The molecule has 0 aliphatic rings. The zero-order valence-electron chi connectivity index (χ0n) is 11.4. The molecule has 100 valence electrons. The van der Waals surface area contributed by atoms with Crippen molar-refractivity contribution in [2.75, 3.05) is 6.61 Å². The second-order valence-electron chi connectivity index (χ2n) is 4.61. The average molecular weight is 243 g/mol. The Morgan fingerprint density at radius 3 is 2.35 bits per heavy atom. The van der Waals surface area contributed by atoms with Gasteiger partial charge in [0.2, 0.25) is 5.91 Å². The summed E-state index contributed by atoms with van der Waals surface area (Å²) in [5.41, 5.74) is 0. The maximum absolute atomic E-state index is 11.7. The Morgan fingerprint density at radius 2 is 1.88 bits per heavy atom. The van der Waals surface area contributed by atoms with E-state index in [9.17, 15) is 9.59 Å². The lowest BCUT2D eigenvalue weighted by atomic mass is 10.0. The van der Waals surface area contributed by atoms with Gasteiger partial charge in [-0.05, 0) is 25.7 Å². The fourth-order valence-corrected chi connectivity index (χ4v) is 1.53. The van der Waals surface area contributed by atoms with E-state index in [-0.39, 0.29) is 11.9 Å². The summed E-state index contributed by atoms with van der Waals surface area (Å²) in [7, 11) is 0. The Kier molecular flexibility index (Phi) is 8.46. The van der Waals surface area contributed by atoms with Crippen molar-refractivity contribution in [3.8, 4) is 0 Å². The first kappa shape index (κ1) is 15.9. The normalized spacial score (nSPS) is 12.3. The largest absolute Gasteiger partial charge is 0.464 e. The van der Waals surface area contributed by atoms with Gasteiger partial charge in [0.15, 0.2) is 0 Å². The first-order chi connectivity index (χ1) is 8.01. The summed E-state index contributed by atoms with van der Waals surface area (Å²) in [5.74, 6) is -0.0486. The Balaban J connectivity index is 4.27. The van der Waals surface area contributed by atoms with Gasteiger partial charge in [-0.2, -0.15) is 0 Å². The number of amides is 1. The molecule has 17 heavy (non-hydrogen) atoms. The Labute approximate surface area is 104 Å². The van der Waals surface area contributed by atoms with Crippen LogP contribution in [0.2, 0.25) is 0 Å². The van der Waals surface area contributed by atoms with E-state index in [4.69, 9.17) is 4.74 Å². The molecule has 0 radical (unpaired) electrons. The number of nitrogens with one attached hydrogen (secondary N) is 1. The minimum atomic E-state index is -0.501. The third-order valence-corrected chi connectivity index (χ3v) is 2.37. The van der Waals surface area contributed by atoms with E-state index in [1.165, 1.54) is 0 Å². The number of rotatable bonds is 8. The van der Waals surface area contributed by atoms with E-state index in [2.05, 4.69) is 5.32 Å². The number of hydrogen-bond acceptors (Lipinski definition) is 3. The van der Waals surface area contributed by atoms with Gasteiger partial charge in [-0.3, -0.25) is 4.79 Å². The van der Waals surface area contributed by atoms with Crippen LogP contribution in [0.1, 0.15) is 53.4 Å². The van der Waals surface area contributed by atoms with Gasteiger partial charge in [0.25, 0.3) is 0 Å². The molecule has 0 saturated carbocycles. The molecule has 0 unspecified atom stereocenters. The summed E-state index contributed by atoms with van der Waals surface area (Å²) in [6.07, 6.45) is 2.92. The molecule has 0 aromatic carbocycles. The van der Waals surface area contributed by atoms with Crippen LogP contribution in [0.5, 0.6) is 0 Å². The van der Waals surface area contributed by atoms with Gasteiger partial charge in [-0.1, -0.05) is 27.2 Å². The van der Waals surface area contributed by atoms with Gasteiger partial charge in [0.1, 0.15) is 6.04 Å². The average Bonchev–Trinajstić information content (AvgIpc) is 2.25. The number of carbonyl (C=O) groups excluding carboxylic acids is 2. The lowest BCUT2D eigenvalue weighted by Gasteiger charge is -2.18. The molecule has 1 N–H and O–H groups in total. The predicted molar refractivity (Wildman–Crippen MR) is 67.5 cm³/mol. The molecule has 1 atom stereocenters. The summed E-state index contributed by atoms with van der Waals surface area (Å²) < 4.78 is 4.96. The highest BCUT2D eigenvalue weighted by Crippen LogP contribution is 2.07. The molecule has 0 saturated heterocycles. The molecule has 4 nitrogen and oxygen atoms in total. The Morgan fingerprint density at radius 1 is 1.24 bits per heavy atom. The molecular formula is C13H25NO3. The zero-order valence-corrected chi connectivity index (χ0v) is 11.4. The van der Waals surface area contributed by atoms with Crippen molar-refractivity contribution in [1.82, 2.24) is 5.32 Å². The first-order valence-corrected chi connectivity index (χ1v) is 6.47. The maximum Gasteiger partial charge on any atom is 0.328 e. The number of carbonyl (C=O) groups is 2. The van der Waals surface area contributed by atoms with Crippen LogP contribution in [0, 0.1) is 5.92 Å². The highest BCUT2D eigenvalue weighted by Gasteiger charge is 2.22. The second-order valence-corrected chi connectivity index (χ2v) is 4.61. The standard InChI is InChI=1S/C13H25NO3/c1-5-7-8-12(15)14-11(9-10(3)4)13(16)17-6-2/h10-11H,5-9H2,1-4H3,(H,14,15)/t11-/m0/s1. The van der Waals surface area contributed by atoms with Crippen molar-refractivity contribution in [3.63, 3.8) is 0 Å². The molecular weight excluding hydrogens is 218 g/mol. The highest BCUT2D eigenvalue weighted by atomic mass is 16.5. The molecule has 1 amide bonds. The van der Waals surface area contributed by atoms with Gasteiger partial charge in [0.05, 0.1) is 6.61 Å². The Bertz CT molecular complexity index is 239. The number of esters is 1. The van der Waals surface area contributed by atoms with Crippen molar-refractivity contribution in [2.45, 2.75) is 59.4 Å². The molecule has 0 rings (SSSR count). The van der Waals surface area contributed by atoms with E-state index in [1.54, 1.807) is 6.92 Å². The smallest absolute Gasteiger partial charge is 0.328 e. The summed E-state index contributed by atoms with van der Waals surface area (Å²) in [6.45, 7) is 8.18. The zero-order chi connectivity index (χ0) is 13.3. The van der Waals surface area contributed by atoms with Crippen LogP contribution in [0.4, 0.5) is 0 Å². The van der Waals surface area contributed by atoms with Crippen LogP contribution < -0.4 is 5.32 Å². The quantitative estimate of drug-likeness (QED) is 0.665. The van der Waals surface area contributed by atoms with E-state index in [0.717, 1.165) is 12.8 Å². The first-order valence-electron chi connectivity index (χ1n) is 6.47. The lowest BCUT2D eigenvalue weighted by Crippen LogP contribution is -2.42. The van der Waals surface area contributed by atoms with Crippen LogP contribution in [0.25, 0.3) is 0 Å². The van der Waals surface area contributed by atoms with Crippen LogP contribution in [-0.2, 0) is 14.3 Å². The molecule has 0 aliphatic heterocycles. The minimum Gasteiger partial charge on any atom is -0.464 e. The number of hydrogen-bond donors (Lipinski definition) is 1. The lowest BCUT2D eigenvalue weighted by molar-refractivity contribution is -0.147. The molecule has 0 aromatic rings. The molecule has 0 heterocycles. The molecule has 4 heteroatoms. The fraction of sp³-hybridized carbons (Fsp3) is 0.846. The van der Waals surface area contributed by atoms with E-state index < -0.39 is 6.04 Å². The predicted octanol–water partition coefficient (Wildman–Crippen LogP) is 2.27. The van der Waals surface area contributed by atoms with Gasteiger partial charge in [-0.15, -0.1) is 0 Å². The van der Waals surface area contributed by atoms with Crippen LogP contribution in [-0.4, -0.2) is 24.5 Å². The SMILES string of the molecule is CCCCC(=O)N[C@@H](CC(C)C)C(=O)OCC. The van der Waals surface area contributed by atoms with Crippen LogP contribution in [0.15, 0.2) is 0 Å². The van der Waals surface area contributed by atoms with E-state index in [1.807, 2.05) is 20.8 Å². The molecule has 0 aliphatic carbocycles. The molecule has 0 spiro atoms. The van der Waals surface area contributed by atoms with Crippen molar-refractivity contribution >= 4 is 11.9 Å². The topological polar surface area (TPSA) is 55.4 Å². The fourth-order valence-electron chi connectivity index (χ4n) is 1.53. The molecule has 0 fully saturated rings. The van der Waals surface area contributed by atoms with Crippen molar-refractivity contribution < 1.29 is 14.3 Å². The summed E-state index contributed by atoms with van der Waals surface area (Å²) in [6, 6.07) is -0.501. The van der Waals surface area contributed by atoms with E-state index >= 15 is 0 Å². The van der Waals surface area contributed by atoms with Gasteiger partial charge in [0, 0.05) is 6.42 Å². The van der Waals surface area contributed by atoms with Crippen LogP contribution in [0.3, 0.4) is 0 Å². The minimum absolute atomic E-state index is 0.0643. The van der Waals surface area contributed by atoms with Crippen LogP contribution >= 0.6 is 0 Å². The third-order valence-electron chi connectivity index (χ3n) is 2.37. The summed E-state index contributed by atoms with van der Waals surface area (Å²) in [4.78, 5) is 23.2. The summed E-state index contributed by atoms with van der Waals surface area (Å²) >= 11 is 0.